The maximum atomic E-state index is 12.4. The molecule has 29 heavy (non-hydrogen) atoms. The average Bonchev–Trinajstić information content (AvgIpc) is 2.61. The molecule has 0 saturated carbocycles. The number of hydrogen-bond donors (Lipinski definition) is 6. The van der Waals surface area contributed by atoms with Gasteiger partial charge in [-0.25, -0.2) is 4.79 Å². The number of aliphatic hydroxyl groups excluding tert-OH is 1. The highest BCUT2D eigenvalue weighted by Gasteiger charge is 2.30. The second kappa shape index (κ2) is 13.4. The Kier molecular flexibility index (Phi) is 12.5. The first-order valence-electron chi connectivity index (χ1n) is 9.47. The molecule has 0 aliphatic carbocycles. The highest BCUT2D eigenvalue weighted by atomic mass is 32.2. The van der Waals surface area contributed by atoms with Crippen LogP contribution in [-0.2, 0) is 19.2 Å². The Morgan fingerprint density at radius 2 is 1.55 bits per heavy atom. The molecule has 0 fully saturated rings. The summed E-state index contributed by atoms with van der Waals surface area (Å²) in [6.45, 7) is 6.50. The number of aliphatic hydroxyl groups is 1. The highest BCUT2D eigenvalue weighted by Crippen LogP contribution is 2.05. The number of carbonyl (C=O) groups is 4. The molecule has 0 spiro atoms. The molecule has 5 unspecified atom stereocenters. The molecule has 5 atom stereocenters. The van der Waals surface area contributed by atoms with Crippen molar-refractivity contribution >= 4 is 35.5 Å². The molecule has 0 aliphatic rings. The van der Waals surface area contributed by atoms with Crippen molar-refractivity contribution in [2.24, 2.45) is 11.7 Å². The summed E-state index contributed by atoms with van der Waals surface area (Å²) in [6, 6.07) is -4.28. The van der Waals surface area contributed by atoms with Crippen molar-refractivity contribution in [1.82, 2.24) is 16.0 Å². The second-order valence-electron chi connectivity index (χ2n) is 7.37. The van der Waals surface area contributed by atoms with Gasteiger partial charge in [0.05, 0.1) is 12.1 Å². The number of carboxylic acids is 1. The van der Waals surface area contributed by atoms with Crippen LogP contribution in [0.3, 0.4) is 0 Å². The molecule has 0 bridgehead atoms. The van der Waals surface area contributed by atoms with Crippen LogP contribution < -0.4 is 21.7 Å². The summed E-state index contributed by atoms with van der Waals surface area (Å²) in [7, 11) is 0. The third-order valence-electron chi connectivity index (χ3n) is 4.10. The molecule has 0 radical (unpaired) electrons. The number of nitrogens with one attached hydrogen (secondary N) is 3. The minimum atomic E-state index is -1.30. The van der Waals surface area contributed by atoms with Gasteiger partial charge in [-0.05, 0) is 44.6 Å². The smallest absolute Gasteiger partial charge is 0.326 e. The van der Waals surface area contributed by atoms with Crippen LogP contribution in [0, 0.1) is 5.92 Å². The van der Waals surface area contributed by atoms with E-state index < -0.39 is 54.0 Å². The lowest BCUT2D eigenvalue weighted by atomic mass is 10.0. The maximum Gasteiger partial charge on any atom is 0.326 e. The first-order valence-corrected chi connectivity index (χ1v) is 10.9. The minimum Gasteiger partial charge on any atom is -0.480 e. The second-order valence-corrected chi connectivity index (χ2v) is 8.36. The van der Waals surface area contributed by atoms with Crippen LogP contribution in [-0.4, -0.2) is 76.2 Å². The SMILES string of the molecule is CSCCC(NC(=O)C(C)NC(=O)C(NC(=O)C(N)CC(C)C)C(C)O)C(=O)O. The number of thioether (sulfide) groups is 1. The van der Waals surface area contributed by atoms with E-state index in [9.17, 15) is 29.4 Å². The zero-order valence-electron chi connectivity index (χ0n) is 17.6. The number of carboxylic acid groups (broad SMARTS) is 1. The Morgan fingerprint density at radius 3 is 2.00 bits per heavy atom. The quantitative estimate of drug-likeness (QED) is 0.215. The summed E-state index contributed by atoms with van der Waals surface area (Å²) in [4.78, 5) is 48.1. The van der Waals surface area contributed by atoms with Crippen LogP contribution in [0.4, 0.5) is 0 Å². The Labute approximate surface area is 175 Å². The Bertz CT molecular complexity index is 573. The number of hydrogen-bond acceptors (Lipinski definition) is 7. The summed E-state index contributed by atoms with van der Waals surface area (Å²) < 4.78 is 0. The predicted molar refractivity (Wildman–Crippen MR) is 111 cm³/mol. The van der Waals surface area contributed by atoms with Gasteiger partial charge < -0.3 is 31.9 Å². The fraction of sp³-hybridized carbons (Fsp3) is 0.778. The average molecular weight is 435 g/mol. The highest BCUT2D eigenvalue weighted by molar-refractivity contribution is 7.98. The predicted octanol–water partition coefficient (Wildman–Crippen LogP) is -0.947. The van der Waals surface area contributed by atoms with Crippen molar-refractivity contribution in [3.05, 3.63) is 0 Å². The molecule has 0 saturated heterocycles. The molecule has 0 rings (SSSR count). The number of nitrogens with two attached hydrogens (primary N) is 1. The van der Waals surface area contributed by atoms with Gasteiger partial charge in [-0.3, -0.25) is 14.4 Å². The summed E-state index contributed by atoms with van der Waals surface area (Å²) in [5, 5.41) is 26.2. The van der Waals surface area contributed by atoms with Gasteiger partial charge in [0.1, 0.15) is 18.1 Å². The summed E-state index contributed by atoms with van der Waals surface area (Å²) in [6.07, 6.45) is 1.24. The van der Waals surface area contributed by atoms with Crippen LogP contribution in [0.15, 0.2) is 0 Å². The number of aliphatic carboxylic acids is 1. The molecule has 7 N–H and O–H groups in total. The van der Waals surface area contributed by atoms with Crippen molar-refractivity contribution in [3.63, 3.8) is 0 Å². The lowest BCUT2D eigenvalue weighted by Gasteiger charge is -2.25. The van der Waals surface area contributed by atoms with Crippen LogP contribution in [0.5, 0.6) is 0 Å². The molecule has 11 heteroatoms. The molecule has 3 amide bonds. The van der Waals surface area contributed by atoms with E-state index in [1.165, 1.54) is 25.6 Å². The fourth-order valence-electron chi connectivity index (χ4n) is 2.44. The van der Waals surface area contributed by atoms with Crippen molar-refractivity contribution in [2.75, 3.05) is 12.0 Å². The lowest BCUT2D eigenvalue weighted by molar-refractivity contribution is -0.142. The third-order valence-corrected chi connectivity index (χ3v) is 4.75. The van der Waals surface area contributed by atoms with E-state index in [0.717, 1.165) is 0 Å². The summed E-state index contributed by atoms with van der Waals surface area (Å²) in [5.74, 6) is -2.49. The zero-order valence-corrected chi connectivity index (χ0v) is 18.4. The van der Waals surface area contributed by atoms with Gasteiger partial charge in [-0.15, -0.1) is 0 Å². The largest absolute Gasteiger partial charge is 0.480 e. The van der Waals surface area contributed by atoms with Crippen molar-refractivity contribution in [3.8, 4) is 0 Å². The molecule has 0 aliphatic heterocycles. The first-order chi connectivity index (χ1) is 13.4. The Hall–Kier alpha value is -1.85. The number of amides is 3. The van der Waals surface area contributed by atoms with Gasteiger partial charge >= 0.3 is 5.97 Å². The first kappa shape index (κ1) is 27.1. The molecule has 0 aromatic heterocycles. The number of rotatable bonds is 13. The molecule has 10 nitrogen and oxygen atoms in total. The topological polar surface area (TPSA) is 171 Å². The van der Waals surface area contributed by atoms with E-state index in [1.54, 1.807) is 0 Å². The van der Waals surface area contributed by atoms with Gasteiger partial charge in [0.15, 0.2) is 0 Å². The van der Waals surface area contributed by atoms with Gasteiger partial charge in [0.25, 0.3) is 0 Å². The molecule has 0 heterocycles. The Morgan fingerprint density at radius 1 is 0.966 bits per heavy atom. The standard InChI is InChI=1S/C18H34N4O6S/c1-9(2)8-12(19)16(25)22-14(11(4)23)17(26)20-10(3)15(24)21-13(18(27)28)6-7-29-5/h9-14,23H,6-8,19H2,1-5H3,(H,20,26)(H,21,24)(H,22,25)(H,27,28). The zero-order chi connectivity index (χ0) is 22.7. The summed E-state index contributed by atoms with van der Waals surface area (Å²) >= 11 is 1.45. The summed E-state index contributed by atoms with van der Waals surface area (Å²) in [5.41, 5.74) is 5.79. The third kappa shape index (κ3) is 10.5. The van der Waals surface area contributed by atoms with Crippen LogP contribution in [0.25, 0.3) is 0 Å². The van der Waals surface area contributed by atoms with E-state index in [-0.39, 0.29) is 12.3 Å². The van der Waals surface area contributed by atoms with Gasteiger partial charge in [0.2, 0.25) is 17.7 Å². The molecule has 0 aromatic carbocycles. The molecular formula is C18H34N4O6S. The van der Waals surface area contributed by atoms with Gasteiger partial charge in [-0.2, -0.15) is 11.8 Å². The van der Waals surface area contributed by atoms with Crippen LogP contribution in [0.2, 0.25) is 0 Å². The lowest BCUT2D eigenvalue weighted by Crippen LogP contribution is -2.59. The van der Waals surface area contributed by atoms with E-state index in [2.05, 4.69) is 16.0 Å². The van der Waals surface area contributed by atoms with Crippen molar-refractivity contribution in [2.45, 2.75) is 70.8 Å². The van der Waals surface area contributed by atoms with Gasteiger partial charge in [0, 0.05) is 0 Å². The van der Waals surface area contributed by atoms with E-state index in [1.807, 2.05) is 20.1 Å². The van der Waals surface area contributed by atoms with Crippen molar-refractivity contribution in [1.29, 1.82) is 0 Å². The van der Waals surface area contributed by atoms with E-state index in [0.29, 0.717) is 12.2 Å². The molecule has 168 valence electrons. The van der Waals surface area contributed by atoms with E-state index in [4.69, 9.17) is 5.73 Å². The van der Waals surface area contributed by atoms with E-state index >= 15 is 0 Å². The normalized spacial score (nSPS) is 16.3. The van der Waals surface area contributed by atoms with Gasteiger partial charge in [-0.1, -0.05) is 13.8 Å². The Balaban J connectivity index is 4.93. The maximum absolute atomic E-state index is 12.4. The minimum absolute atomic E-state index is 0.173. The van der Waals surface area contributed by atoms with Crippen LogP contribution >= 0.6 is 11.8 Å². The van der Waals surface area contributed by atoms with Crippen LogP contribution in [0.1, 0.15) is 40.5 Å². The van der Waals surface area contributed by atoms with Crippen molar-refractivity contribution < 1.29 is 29.4 Å². The fourth-order valence-corrected chi connectivity index (χ4v) is 2.91. The molecular weight excluding hydrogens is 400 g/mol. The molecule has 0 aromatic rings. The number of carbonyl (C=O) groups excluding carboxylic acids is 3. The monoisotopic (exact) mass is 434 g/mol.